The highest BCUT2D eigenvalue weighted by atomic mass is 16.7. The molecule has 0 aromatic rings. The molecule has 0 heterocycles. The molecule has 0 radical (unpaired) electrons. The lowest BCUT2D eigenvalue weighted by atomic mass is 10.1. The summed E-state index contributed by atoms with van der Waals surface area (Å²) in [5, 5.41) is 0. The van der Waals surface area contributed by atoms with E-state index in [1.807, 2.05) is 6.92 Å². The summed E-state index contributed by atoms with van der Waals surface area (Å²) in [5.74, 6) is 0. The summed E-state index contributed by atoms with van der Waals surface area (Å²) in [6, 6.07) is 0. The largest absolute Gasteiger partial charge is 0.353 e. The van der Waals surface area contributed by atoms with E-state index < -0.39 is 0 Å². The van der Waals surface area contributed by atoms with Crippen LogP contribution in [0.2, 0.25) is 0 Å². The van der Waals surface area contributed by atoms with Gasteiger partial charge in [0.1, 0.15) is 6.29 Å². The number of unbranched alkanes of at least 4 members (excludes halogenated alkanes) is 6. The Hall–Kier alpha value is -0.410. The molecule has 1 atom stereocenters. The van der Waals surface area contributed by atoms with Gasteiger partial charge in [0.25, 0.3) is 0 Å². The van der Waals surface area contributed by atoms with Gasteiger partial charge in [-0.15, -0.1) is 0 Å². The SMILES string of the molecule is CCCCCCCCOC(C)OCCCC=O. The van der Waals surface area contributed by atoms with Crippen LogP contribution in [0.15, 0.2) is 0 Å². The molecular formula is C14H28O3. The van der Waals surface area contributed by atoms with Crippen molar-refractivity contribution in [2.45, 2.75) is 71.5 Å². The zero-order valence-electron chi connectivity index (χ0n) is 11.5. The van der Waals surface area contributed by atoms with E-state index in [4.69, 9.17) is 9.47 Å². The second-order valence-corrected chi connectivity index (χ2v) is 4.39. The van der Waals surface area contributed by atoms with Crippen molar-refractivity contribution in [3.8, 4) is 0 Å². The molecule has 0 amide bonds. The molecule has 3 heteroatoms. The Morgan fingerprint density at radius 2 is 1.53 bits per heavy atom. The Balaban J connectivity index is 3.10. The van der Waals surface area contributed by atoms with Crippen LogP contribution < -0.4 is 0 Å². The van der Waals surface area contributed by atoms with Gasteiger partial charge < -0.3 is 14.3 Å². The molecule has 0 aromatic carbocycles. The number of ether oxygens (including phenoxy) is 2. The minimum atomic E-state index is -0.141. The predicted octanol–water partition coefficient (Wildman–Crippen LogP) is 3.71. The number of hydrogen-bond donors (Lipinski definition) is 0. The predicted molar refractivity (Wildman–Crippen MR) is 70.0 cm³/mol. The van der Waals surface area contributed by atoms with Crippen LogP contribution in [0.5, 0.6) is 0 Å². The average molecular weight is 244 g/mol. The summed E-state index contributed by atoms with van der Waals surface area (Å²) in [7, 11) is 0. The zero-order chi connectivity index (χ0) is 12.8. The fraction of sp³-hybridized carbons (Fsp3) is 0.929. The third kappa shape index (κ3) is 13.5. The second-order valence-electron chi connectivity index (χ2n) is 4.39. The van der Waals surface area contributed by atoms with Gasteiger partial charge >= 0.3 is 0 Å². The van der Waals surface area contributed by atoms with Crippen LogP contribution in [0, 0.1) is 0 Å². The Morgan fingerprint density at radius 3 is 2.18 bits per heavy atom. The van der Waals surface area contributed by atoms with Crippen molar-refractivity contribution >= 4 is 6.29 Å². The number of rotatable bonds is 13. The second kappa shape index (κ2) is 13.7. The Labute approximate surface area is 106 Å². The molecule has 0 saturated heterocycles. The number of carbonyl (C=O) groups excluding carboxylic acids is 1. The molecule has 0 bridgehead atoms. The lowest BCUT2D eigenvalue weighted by Crippen LogP contribution is -2.14. The Bertz CT molecular complexity index is 160. The minimum absolute atomic E-state index is 0.141. The molecule has 0 rings (SSSR count). The first kappa shape index (κ1) is 16.6. The summed E-state index contributed by atoms with van der Waals surface area (Å²) in [6.07, 6.45) is 9.80. The fourth-order valence-corrected chi connectivity index (χ4v) is 1.60. The topological polar surface area (TPSA) is 35.5 Å². The summed E-state index contributed by atoms with van der Waals surface area (Å²) in [6.45, 7) is 5.53. The number of carbonyl (C=O) groups is 1. The molecule has 1 unspecified atom stereocenters. The maximum atomic E-state index is 10.1. The summed E-state index contributed by atoms with van der Waals surface area (Å²) >= 11 is 0. The lowest BCUT2D eigenvalue weighted by molar-refractivity contribution is -0.132. The third-order valence-electron chi connectivity index (χ3n) is 2.67. The van der Waals surface area contributed by atoms with E-state index >= 15 is 0 Å². The summed E-state index contributed by atoms with van der Waals surface area (Å²) in [4.78, 5) is 10.1. The van der Waals surface area contributed by atoms with Crippen LogP contribution >= 0.6 is 0 Å². The molecule has 102 valence electrons. The van der Waals surface area contributed by atoms with Crippen LogP contribution in [0.3, 0.4) is 0 Å². The van der Waals surface area contributed by atoms with Crippen molar-refractivity contribution in [2.24, 2.45) is 0 Å². The van der Waals surface area contributed by atoms with Gasteiger partial charge in [-0.05, 0) is 19.8 Å². The fourth-order valence-electron chi connectivity index (χ4n) is 1.60. The van der Waals surface area contributed by atoms with E-state index in [-0.39, 0.29) is 6.29 Å². The molecule has 0 fully saturated rings. The summed E-state index contributed by atoms with van der Waals surface area (Å²) < 4.78 is 10.9. The number of aldehydes is 1. The van der Waals surface area contributed by atoms with Crippen molar-refractivity contribution in [1.29, 1.82) is 0 Å². The van der Waals surface area contributed by atoms with Crippen molar-refractivity contribution in [3.05, 3.63) is 0 Å². The highest BCUT2D eigenvalue weighted by Crippen LogP contribution is 2.06. The maximum absolute atomic E-state index is 10.1. The smallest absolute Gasteiger partial charge is 0.154 e. The first-order valence-corrected chi connectivity index (χ1v) is 6.98. The first-order chi connectivity index (χ1) is 8.31. The maximum Gasteiger partial charge on any atom is 0.154 e. The van der Waals surface area contributed by atoms with Crippen molar-refractivity contribution in [3.63, 3.8) is 0 Å². The van der Waals surface area contributed by atoms with E-state index in [2.05, 4.69) is 6.92 Å². The monoisotopic (exact) mass is 244 g/mol. The average Bonchev–Trinajstić information content (AvgIpc) is 2.33. The van der Waals surface area contributed by atoms with Gasteiger partial charge in [-0.1, -0.05) is 39.0 Å². The van der Waals surface area contributed by atoms with Gasteiger partial charge in [-0.25, -0.2) is 0 Å². The Kier molecular flexibility index (Phi) is 13.3. The van der Waals surface area contributed by atoms with Crippen LogP contribution in [0.4, 0.5) is 0 Å². The quantitative estimate of drug-likeness (QED) is 0.281. The molecule has 0 aromatic heterocycles. The van der Waals surface area contributed by atoms with Crippen LogP contribution in [-0.4, -0.2) is 25.8 Å². The molecule has 0 spiro atoms. The molecule has 0 saturated carbocycles. The molecule has 0 N–H and O–H groups in total. The van der Waals surface area contributed by atoms with Gasteiger partial charge in [0, 0.05) is 13.0 Å². The zero-order valence-corrected chi connectivity index (χ0v) is 11.5. The molecule has 0 aliphatic carbocycles. The van der Waals surface area contributed by atoms with Crippen molar-refractivity contribution < 1.29 is 14.3 Å². The van der Waals surface area contributed by atoms with Crippen LogP contribution in [0.1, 0.15) is 65.2 Å². The molecule has 0 aliphatic heterocycles. The number of hydrogen-bond acceptors (Lipinski definition) is 3. The van der Waals surface area contributed by atoms with Gasteiger partial charge in [-0.2, -0.15) is 0 Å². The first-order valence-electron chi connectivity index (χ1n) is 6.98. The van der Waals surface area contributed by atoms with Crippen molar-refractivity contribution in [2.75, 3.05) is 13.2 Å². The standard InChI is InChI=1S/C14H28O3/c1-3-4-5-6-7-9-12-16-14(2)17-13-10-8-11-15/h11,14H,3-10,12-13H2,1-2H3. The summed E-state index contributed by atoms with van der Waals surface area (Å²) in [5.41, 5.74) is 0. The van der Waals surface area contributed by atoms with E-state index in [1.165, 1.54) is 32.1 Å². The van der Waals surface area contributed by atoms with Gasteiger partial charge in [0.15, 0.2) is 6.29 Å². The van der Waals surface area contributed by atoms with Crippen LogP contribution in [0.25, 0.3) is 0 Å². The molecular weight excluding hydrogens is 216 g/mol. The van der Waals surface area contributed by atoms with Gasteiger partial charge in [-0.3, -0.25) is 0 Å². The van der Waals surface area contributed by atoms with E-state index in [9.17, 15) is 4.79 Å². The van der Waals surface area contributed by atoms with E-state index in [0.29, 0.717) is 13.0 Å². The highest BCUT2D eigenvalue weighted by Gasteiger charge is 2.01. The van der Waals surface area contributed by atoms with E-state index in [0.717, 1.165) is 25.7 Å². The van der Waals surface area contributed by atoms with Gasteiger partial charge in [0.05, 0.1) is 6.61 Å². The van der Waals surface area contributed by atoms with Crippen LogP contribution in [-0.2, 0) is 14.3 Å². The van der Waals surface area contributed by atoms with Crippen molar-refractivity contribution in [1.82, 2.24) is 0 Å². The van der Waals surface area contributed by atoms with E-state index in [1.54, 1.807) is 0 Å². The lowest BCUT2D eigenvalue weighted by Gasteiger charge is -2.13. The highest BCUT2D eigenvalue weighted by molar-refractivity contribution is 5.48. The minimum Gasteiger partial charge on any atom is -0.353 e. The normalized spacial score (nSPS) is 12.6. The molecule has 17 heavy (non-hydrogen) atoms. The molecule has 0 aliphatic rings. The third-order valence-corrected chi connectivity index (χ3v) is 2.67. The van der Waals surface area contributed by atoms with Gasteiger partial charge in [0.2, 0.25) is 0 Å². The Morgan fingerprint density at radius 1 is 0.941 bits per heavy atom. The molecule has 3 nitrogen and oxygen atoms in total.